The Hall–Kier alpha value is -2.93. The van der Waals surface area contributed by atoms with Gasteiger partial charge in [-0.25, -0.2) is 0 Å². The average molecular weight is 355 g/mol. The number of ether oxygens (including phenoxy) is 2. The summed E-state index contributed by atoms with van der Waals surface area (Å²) < 4.78 is 10.6. The van der Waals surface area contributed by atoms with E-state index in [0.29, 0.717) is 36.8 Å². The number of methoxy groups -OCH3 is 1. The van der Waals surface area contributed by atoms with Crippen molar-refractivity contribution in [3.05, 3.63) is 53.3 Å². The van der Waals surface area contributed by atoms with E-state index in [1.54, 1.807) is 49.4 Å². The maximum absolute atomic E-state index is 12.6. The van der Waals surface area contributed by atoms with Crippen molar-refractivity contribution in [3.8, 4) is 5.75 Å². The van der Waals surface area contributed by atoms with E-state index >= 15 is 0 Å². The molecule has 0 spiro atoms. The maximum Gasteiger partial charge on any atom is 0.274 e. The molecule has 1 aromatic heterocycles. The molecule has 1 aliphatic rings. The van der Waals surface area contributed by atoms with Crippen molar-refractivity contribution in [1.82, 2.24) is 9.88 Å². The molecule has 1 aromatic carbocycles. The predicted molar refractivity (Wildman–Crippen MR) is 96.4 cm³/mol. The van der Waals surface area contributed by atoms with Crippen LogP contribution in [0.25, 0.3) is 0 Å². The van der Waals surface area contributed by atoms with Crippen molar-refractivity contribution in [2.24, 2.45) is 0 Å². The smallest absolute Gasteiger partial charge is 0.274 e. The summed E-state index contributed by atoms with van der Waals surface area (Å²) in [5, 5.41) is 2.85. The number of anilines is 1. The zero-order chi connectivity index (χ0) is 18.5. The van der Waals surface area contributed by atoms with Crippen LogP contribution in [0.1, 0.15) is 32.8 Å². The lowest BCUT2D eigenvalue weighted by Gasteiger charge is -2.10. The minimum atomic E-state index is -0.345. The monoisotopic (exact) mass is 355 g/mol. The molecular weight excluding hydrogens is 334 g/mol. The summed E-state index contributed by atoms with van der Waals surface area (Å²) in [6.45, 7) is 1.59. The Labute approximate surface area is 151 Å². The van der Waals surface area contributed by atoms with Crippen LogP contribution in [-0.2, 0) is 11.3 Å². The summed E-state index contributed by atoms with van der Waals surface area (Å²) in [7, 11) is 3.38. The number of nitrogens with zero attached hydrogens (tertiary/aromatic N) is 2. The van der Waals surface area contributed by atoms with Crippen LogP contribution in [0.3, 0.4) is 0 Å². The minimum absolute atomic E-state index is 0.0410. The zero-order valence-electron chi connectivity index (χ0n) is 14.8. The van der Waals surface area contributed by atoms with Crippen molar-refractivity contribution in [3.63, 3.8) is 0 Å². The molecule has 0 saturated heterocycles. The standard InChI is InChI=1S/C19H21N3O4/c1-22-12-15-14(19(22)24)5-3-6-16(15)21-18(23)17-11-13(7-8-20-17)26-10-4-9-25-2/h3,5-8,11H,4,9-10,12H2,1-2H3,(H,21,23). The fourth-order valence-electron chi connectivity index (χ4n) is 2.79. The second-order valence-electron chi connectivity index (χ2n) is 6.02. The number of fused-ring (bicyclic) bond motifs is 1. The molecule has 0 atom stereocenters. The van der Waals surface area contributed by atoms with Gasteiger partial charge in [-0.05, 0) is 18.2 Å². The van der Waals surface area contributed by atoms with Crippen LogP contribution in [0, 0.1) is 0 Å². The molecule has 2 amide bonds. The van der Waals surface area contributed by atoms with Gasteiger partial charge in [-0.1, -0.05) is 6.07 Å². The van der Waals surface area contributed by atoms with Gasteiger partial charge in [0.15, 0.2) is 0 Å². The van der Waals surface area contributed by atoms with Crippen LogP contribution < -0.4 is 10.1 Å². The van der Waals surface area contributed by atoms with Crippen LogP contribution in [0.5, 0.6) is 5.75 Å². The van der Waals surface area contributed by atoms with E-state index in [-0.39, 0.29) is 17.5 Å². The van der Waals surface area contributed by atoms with E-state index in [1.807, 2.05) is 0 Å². The van der Waals surface area contributed by atoms with Gasteiger partial charge in [0.2, 0.25) is 0 Å². The summed E-state index contributed by atoms with van der Waals surface area (Å²) in [6.07, 6.45) is 2.30. The first-order valence-electron chi connectivity index (χ1n) is 8.36. The number of hydrogen-bond donors (Lipinski definition) is 1. The number of rotatable bonds is 7. The van der Waals surface area contributed by atoms with Crippen molar-refractivity contribution in [2.75, 3.05) is 32.7 Å². The summed E-state index contributed by atoms with van der Waals surface area (Å²) in [5.41, 5.74) is 2.32. The Balaban J connectivity index is 1.71. The predicted octanol–water partition coefficient (Wildman–Crippen LogP) is 2.33. The first-order valence-corrected chi connectivity index (χ1v) is 8.36. The molecule has 7 nitrogen and oxygen atoms in total. The van der Waals surface area contributed by atoms with Crippen LogP contribution >= 0.6 is 0 Å². The number of pyridine rings is 1. The van der Waals surface area contributed by atoms with Crippen molar-refractivity contribution in [1.29, 1.82) is 0 Å². The topological polar surface area (TPSA) is 80.8 Å². The van der Waals surface area contributed by atoms with Gasteiger partial charge >= 0.3 is 0 Å². The molecule has 2 heterocycles. The van der Waals surface area contributed by atoms with Crippen LogP contribution in [-0.4, -0.2) is 49.1 Å². The highest BCUT2D eigenvalue weighted by molar-refractivity contribution is 6.06. The first-order chi connectivity index (χ1) is 12.6. The maximum atomic E-state index is 12.6. The fraction of sp³-hybridized carbons (Fsp3) is 0.316. The van der Waals surface area contributed by atoms with Crippen molar-refractivity contribution < 1.29 is 19.1 Å². The van der Waals surface area contributed by atoms with Crippen LogP contribution in [0.15, 0.2) is 36.5 Å². The van der Waals surface area contributed by atoms with Gasteiger partial charge in [-0.15, -0.1) is 0 Å². The molecule has 0 bridgehead atoms. The van der Waals surface area contributed by atoms with Gasteiger partial charge in [-0.2, -0.15) is 0 Å². The molecule has 1 aliphatic heterocycles. The number of hydrogen-bond acceptors (Lipinski definition) is 5. The Kier molecular flexibility index (Phi) is 5.48. The molecule has 0 unspecified atom stereocenters. The molecule has 1 N–H and O–H groups in total. The number of nitrogens with one attached hydrogen (secondary N) is 1. The molecule has 0 radical (unpaired) electrons. The molecule has 2 aromatic rings. The molecular formula is C19H21N3O4. The second-order valence-corrected chi connectivity index (χ2v) is 6.02. The molecule has 0 fully saturated rings. The molecule has 26 heavy (non-hydrogen) atoms. The van der Waals surface area contributed by atoms with E-state index in [1.165, 1.54) is 6.20 Å². The number of benzene rings is 1. The normalized spacial score (nSPS) is 12.8. The average Bonchev–Trinajstić information content (AvgIpc) is 2.95. The minimum Gasteiger partial charge on any atom is -0.493 e. The van der Waals surface area contributed by atoms with E-state index in [0.717, 1.165) is 12.0 Å². The Bertz CT molecular complexity index is 822. The second kappa shape index (κ2) is 7.97. The quantitative estimate of drug-likeness (QED) is 0.771. The van der Waals surface area contributed by atoms with E-state index in [4.69, 9.17) is 9.47 Å². The van der Waals surface area contributed by atoms with Gasteiger partial charge in [0.05, 0.1) is 6.61 Å². The summed E-state index contributed by atoms with van der Waals surface area (Å²) >= 11 is 0. The lowest BCUT2D eigenvalue weighted by molar-refractivity contribution is 0.0816. The van der Waals surface area contributed by atoms with Gasteiger partial charge in [-0.3, -0.25) is 14.6 Å². The highest BCUT2D eigenvalue weighted by Gasteiger charge is 2.27. The molecule has 7 heteroatoms. The number of carbonyl (C=O) groups excluding carboxylic acids is 2. The number of amides is 2. The Morgan fingerprint density at radius 3 is 2.96 bits per heavy atom. The van der Waals surface area contributed by atoms with E-state index < -0.39 is 0 Å². The molecule has 136 valence electrons. The van der Waals surface area contributed by atoms with E-state index in [2.05, 4.69) is 10.3 Å². The number of aromatic nitrogens is 1. The lowest BCUT2D eigenvalue weighted by atomic mass is 10.1. The number of carbonyl (C=O) groups is 2. The molecule has 0 saturated carbocycles. The van der Waals surface area contributed by atoms with Gasteiger partial charge < -0.3 is 19.7 Å². The van der Waals surface area contributed by atoms with Crippen LogP contribution in [0.4, 0.5) is 5.69 Å². The molecule has 0 aliphatic carbocycles. The fourth-order valence-corrected chi connectivity index (χ4v) is 2.79. The van der Waals surface area contributed by atoms with Gasteiger partial charge in [0.25, 0.3) is 11.8 Å². The largest absolute Gasteiger partial charge is 0.493 e. The lowest BCUT2D eigenvalue weighted by Crippen LogP contribution is -2.17. The zero-order valence-corrected chi connectivity index (χ0v) is 14.8. The third-order valence-electron chi connectivity index (χ3n) is 4.12. The first kappa shape index (κ1) is 17.9. The third-order valence-corrected chi connectivity index (χ3v) is 4.12. The van der Waals surface area contributed by atoms with Crippen molar-refractivity contribution in [2.45, 2.75) is 13.0 Å². The Morgan fingerprint density at radius 1 is 1.31 bits per heavy atom. The molecule has 3 rings (SSSR count). The Morgan fingerprint density at radius 2 is 2.15 bits per heavy atom. The third kappa shape index (κ3) is 3.83. The summed E-state index contributed by atoms with van der Waals surface area (Å²) in [4.78, 5) is 30.4. The SMILES string of the molecule is COCCCOc1ccnc(C(=O)Nc2cccc3c2CN(C)C3=O)c1. The highest BCUT2D eigenvalue weighted by atomic mass is 16.5. The summed E-state index contributed by atoms with van der Waals surface area (Å²) in [6, 6.07) is 8.62. The summed E-state index contributed by atoms with van der Waals surface area (Å²) in [5.74, 6) is 0.192. The van der Waals surface area contributed by atoms with E-state index in [9.17, 15) is 9.59 Å². The van der Waals surface area contributed by atoms with Crippen LogP contribution in [0.2, 0.25) is 0 Å². The van der Waals surface area contributed by atoms with Crippen molar-refractivity contribution >= 4 is 17.5 Å². The highest BCUT2D eigenvalue weighted by Crippen LogP contribution is 2.28. The van der Waals surface area contributed by atoms with Gasteiger partial charge in [0, 0.05) is 62.8 Å². The van der Waals surface area contributed by atoms with Gasteiger partial charge in [0.1, 0.15) is 11.4 Å².